The Morgan fingerprint density at radius 1 is 1.17 bits per heavy atom. The van der Waals surface area contributed by atoms with Crippen molar-refractivity contribution in [3.8, 4) is 16.9 Å². The third-order valence-corrected chi connectivity index (χ3v) is 4.79. The lowest BCUT2D eigenvalue weighted by Crippen LogP contribution is -2.45. The van der Waals surface area contributed by atoms with Gasteiger partial charge < -0.3 is 15.1 Å². The molecular weight excluding hydrogens is 326 g/mol. The van der Waals surface area contributed by atoms with E-state index in [1.54, 1.807) is 29.2 Å². The van der Waals surface area contributed by atoms with Gasteiger partial charge >= 0.3 is 0 Å². The van der Waals surface area contributed by atoms with Gasteiger partial charge in [-0.3, -0.25) is 4.79 Å². The van der Waals surface area contributed by atoms with E-state index < -0.39 is 0 Å². The van der Waals surface area contributed by atoms with E-state index >= 15 is 0 Å². The Balaban J connectivity index is 1.89. The molecule has 1 fully saturated rings. The monoisotopic (exact) mass is 345 g/mol. The lowest BCUT2D eigenvalue weighted by atomic mass is 9.99. The van der Waals surface area contributed by atoms with Crippen molar-refractivity contribution in [2.45, 2.75) is 25.3 Å². The Morgan fingerprint density at radius 3 is 2.71 bits per heavy atom. The summed E-state index contributed by atoms with van der Waals surface area (Å²) in [5.41, 5.74) is 2.29. The van der Waals surface area contributed by atoms with Crippen LogP contribution in [0.3, 0.4) is 0 Å². The van der Waals surface area contributed by atoms with Gasteiger partial charge in [0.15, 0.2) is 0 Å². The fraction of sp³-hybridized carbons (Fsp3) is 0.316. The first-order chi connectivity index (χ1) is 11.6. The van der Waals surface area contributed by atoms with Gasteiger partial charge in [0, 0.05) is 12.1 Å². The molecule has 5 heteroatoms. The smallest absolute Gasteiger partial charge is 0.254 e. The van der Waals surface area contributed by atoms with Crippen LogP contribution in [-0.4, -0.2) is 40.2 Å². The Morgan fingerprint density at radius 2 is 1.96 bits per heavy atom. The molecule has 126 valence electrons. The first-order valence-electron chi connectivity index (χ1n) is 8.11. The molecule has 1 amide bonds. The van der Waals surface area contributed by atoms with Gasteiger partial charge in [-0.2, -0.15) is 0 Å². The minimum Gasteiger partial charge on any atom is -0.506 e. The molecule has 0 bridgehead atoms. The van der Waals surface area contributed by atoms with Crippen LogP contribution in [0.2, 0.25) is 5.02 Å². The van der Waals surface area contributed by atoms with Gasteiger partial charge in [-0.25, -0.2) is 0 Å². The van der Waals surface area contributed by atoms with Crippen LogP contribution < -0.4 is 0 Å². The molecule has 4 nitrogen and oxygen atoms in total. The van der Waals surface area contributed by atoms with E-state index in [0.29, 0.717) is 12.1 Å². The van der Waals surface area contributed by atoms with Gasteiger partial charge in [-0.15, -0.1) is 0 Å². The lowest BCUT2D eigenvalue weighted by molar-refractivity contribution is 0.0503. The Labute approximate surface area is 146 Å². The highest BCUT2D eigenvalue weighted by Crippen LogP contribution is 2.30. The molecule has 1 saturated heterocycles. The van der Waals surface area contributed by atoms with Crippen molar-refractivity contribution in [1.82, 2.24) is 4.90 Å². The maximum Gasteiger partial charge on any atom is 0.254 e. The number of amides is 1. The van der Waals surface area contributed by atoms with Crippen LogP contribution in [0.4, 0.5) is 0 Å². The summed E-state index contributed by atoms with van der Waals surface area (Å²) >= 11 is 5.97. The van der Waals surface area contributed by atoms with E-state index in [1.807, 2.05) is 18.2 Å². The van der Waals surface area contributed by atoms with Crippen LogP contribution in [0.25, 0.3) is 11.1 Å². The standard InChI is InChI=1S/C19H20ClNO3/c20-17-11-14(7-8-18(17)23)13-4-3-5-15(10-13)19(24)21-9-2-1-6-16(21)12-22/h3-5,7-8,10-11,16,22-23H,1-2,6,9,12H2. The number of hydrogen-bond donors (Lipinski definition) is 2. The molecule has 1 unspecified atom stereocenters. The fourth-order valence-corrected chi connectivity index (χ4v) is 3.32. The average molecular weight is 346 g/mol. The number of piperidine rings is 1. The fourth-order valence-electron chi connectivity index (χ4n) is 3.14. The maximum absolute atomic E-state index is 12.8. The molecule has 3 rings (SSSR count). The van der Waals surface area contributed by atoms with Gasteiger partial charge in [0.25, 0.3) is 5.91 Å². The minimum atomic E-state index is -0.0991. The molecule has 0 aliphatic carbocycles. The number of hydrogen-bond acceptors (Lipinski definition) is 3. The van der Waals surface area contributed by atoms with Gasteiger partial charge in [0.05, 0.1) is 17.7 Å². The van der Waals surface area contributed by atoms with Crippen LogP contribution >= 0.6 is 11.6 Å². The van der Waals surface area contributed by atoms with Crippen LogP contribution in [0, 0.1) is 0 Å². The molecule has 2 N–H and O–H groups in total. The van der Waals surface area contributed by atoms with Crippen LogP contribution in [0.5, 0.6) is 5.75 Å². The molecule has 1 atom stereocenters. The molecule has 0 spiro atoms. The van der Waals surface area contributed by atoms with E-state index in [2.05, 4.69) is 0 Å². The zero-order valence-electron chi connectivity index (χ0n) is 13.3. The summed E-state index contributed by atoms with van der Waals surface area (Å²) in [5.74, 6) is -0.0211. The second-order valence-electron chi connectivity index (χ2n) is 6.08. The summed E-state index contributed by atoms with van der Waals surface area (Å²) < 4.78 is 0. The van der Waals surface area contributed by atoms with Crippen molar-refractivity contribution in [3.05, 3.63) is 53.1 Å². The molecule has 2 aromatic carbocycles. The number of rotatable bonds is 3. The number of phenolic OH excluding ortho intramolecular Hbond substituents is 1. The molecule has 1 aliphatic heterocycles. The molecule has 0 aromatic heterocycles. The maximum atomic E-state index is 12.8. The minimum absolute atomic E-state index is 0.000991. The molecule has 1 aliphatic rings. The molecule has 1 heterocycles. The number of benzene rings is 2. The second kappa shape index (κ2) is 7.24. The van der Waals surface area contributed by atoms with E-state index in [-0.39, 0.29) is 29.3 Å². The summed E-state index contributed by atoms with van der Waals surface area (Å²) in [6.45, 7) is 0.679. The number of carbonyl (C=O) groups excluding carboxylic acids is 1. The molecular formula is C19H20ClNO3. The molecule has 0 saturated carbocycles. The molecule has 2 aromatic rings. The summed E-state index contributed by atoms with van der Waals surface area (Å²) in [7, 11) is 0. The van der Waals surface area contributed by atoms with Gasteiger partial charge in [-0.1, -0.05) is 29.8 Å². The van der Waals surface area contributed by atoms with Crippen LogP contribution in [0.1, 0.15) is 29.6 Å². The van der Waals surface area contributed by atoms with E-state index in [4.69, 9.17) is 11.6 Å². The van der Waals surface area contributed by atoms with Crippen molar-refractivity contribution in [3.63, 3.8) is 0 Å². The Bertz CT molecular complexity index is 747. The largest absolute Gasteiger partial charge is 0.506 e. The van der Waals surface area contributed by atoms with E-state index in [9.17, 15) is 15.0 Å². The van der Waals surface area contributed by atoms with E-state index in [1.165, 1.54) is 0 Å². The van der Waals surface area contributed by atoms with Crippen LogP contribution in [0.15, 0.2) is 42.5 Å². The van der Waals surface area contributed by atoms with Gasteiger partial charge in [0.1, 0.15) is 5.75 Å². The first kappa shape index (κ1) is 16.8. The average Bonchev–Trinajstić information content (AvgIpc) is 2.63. The Kier molecular flexibility index (Phi) is 5.07. The number of likely N-dealkylation sites (tertiary alicyclic amines) is 1. The lowest BCUT2D eigenvalue weighted by Gasteiger charge is -2.34. The predicted octanol–water partition coefficient (Wildman–Crippen LogP) is 3.70. The second-order valence-corrected chi connectivity index (χ2v) is 6.48. The van der Waals surface area contributed by atoms with Crippen molar-refractivity contribution in [2.24, 2.45) is 0 Å². The third kappa shape index (κ3) is 3.40. The number of nitrogens with zero attached hydrogens (tertiary/aromatic N) is 1. The highest BCUT2D eigenvalue weighted by atomic mass is 35.5. The Hall–Kier alpha value is -2.04. The van der Waals surface area contributed by atoms with Gasteiger partial charge in [0.2, 0.25) is 0 Å². The van der Waals surface area contributed by atoms with Crippen molar-refractivity contribution < 1.29 is 15.0 Å². The summed E-state index contributed by atoms with van der Waals surface area (Å²) in [4.78, 5) is 14.6. The quantitative estimate of drug-likeness (QED) is 0.891. The number of aromatic hydroxyl groups is 1. The number of phenols is 1. The SMILES string of the molecule is O=C(c1cccc(-c2ccc(O)c(Cl)c2)c1)N1CCCCC1CO. The van der Waals surface area contributed by atoms with Crippen molar-refractivity contribution in [2.75, 3.05) is 13.2 Å². The number of aliphatic hydroxyl groups is 1. The topological polar surface area (TPSA) is 60.8 Å². The highest BCUT2D eigenvalue weighted by molar-refractivity contribution is 6.32. The normalized spacial score (nSPS) is 17.8. The number of aliphatic hydroxyl groups excluding tert-OH is 1. The molecule has 0 radical (unpaired) electrons. The number of halogens is 1. The zero-order valence-corrected chi connectivity index (χ0v) is 14.0. The van der Waals surface area contributed by atoms with E-state index in [0.717, 1.165) is 30.4 Å². The summed E-state index contributed by atoms with van der Waals surface area (Å²) in [6, 6.07) is 12.2. The van der Waals surface area contributed by atoms with Gasteiger partial charge in [-0.05, 0) is 54.7 Å². The molecule has 24 heavy (non-hydrogen) atoms. The predicted molar refractivity (Wildman–Crippen MR) is 94.3 cm³/mol. The summed E-state index contributed by atoms with van der Waals surface area (Å²) in [5, 5.41) is 19.3. The third-order valence-electron chi connectivity index (χ3n) is 4.49. The number of carbonyl (C=O) groups is 1. The highest BCUT2D eigenvalue weighted by Gasteiger charge is 2.26. The zero-order chi connectivity index (χ0) is 17.1. The van der Waals surface area contributed by atoms with Crippen LogP contribution in [-0.2, 0) is 0 Å². The van der Waals surface area contributed by atoms with Crippen molar-refractivity contribution >= 4 is 17.5 Å². The first-order valence-corrected chi connectivity index (χ1v) is 8.48. The summed E-state index contributed by atoms with van der Waals surface area (Å²) in [6.07, 6.45) is 2.85. The van der Waals surface area contributed by atoms with Crippen molar-refractivity contribution in [1.29, 1.82) is 0 Å².